The third-order valence-corrected chi connectivity index (χ3v) is 5.10. The van der Waals surface area contributed by atoms with Crippen LogP contribution in [0, 0.1) is 19.8 Å². The van der Waals surface area contributed by atoms with Gasteiger partial charge in [-0.15, -0.1) is 0 Å². The van der Waals surface area contributed by atoms with E-state index in [0.717, 1.165) is 36.4 Å². The van der Waals surface area contributed by atoms with Gasteiger partial charge in [0.1, 0.15) is 0 Å². The topological polar surface area (TPSA) is 47.3 Å². The molecule has 1 saturated heterocycles. The molecule has 0 amide bonds. The Morgan fingerprint density at radius 3 is 2.68 bits per heavy atom. The van der Waals surface area contributed by atoms with Gasteiger partial charge in [-0.1, -0.05) is 0 Å². The minimum atomic E-state index is -0.393. The highest BCUT2D eigenvalue weighted by molar-refractivity contribution is 5.27. The maximum Gasteiger partial charge on any atom is 0.0855 e. The summed E-state index contributed by atoms with van der Waals surface area (Å²) < 4.78 is 7.82. The van der Waals surface area contributed by atoms with Crippen LogP contribution in [0.5, 0.6) is 0 Å². The van der Waals surface area contributed by atoms with Crippen LogP contribution in [0.3, 0.4) is 0 Å². The van der Waals surface area contributed by atoms with E-state index in [4.69, 9.17) is 4.74 Å². The first kappa shape index (κ1) is 13.1. The molecule has 1 saturated carbocycles. The lowest BCUT2D eigenvalue weighted by Gasteiger charge is -2.48. The summed E-state index contributed by atoms with van der Waals surface area (Å²) in [4.78, 5) is 0. The summed E-state index contributed by atoms with van der Waals surface area (Å²) in [5.41, 5.74) is 3.16. The summed E-state index contributed by atoms with van der Waals surface area (Å²) in [6, 6.07) is 0. The Labute approximate surface area is 114 Å². The van der Waals surface area contributed by atoms with Crippen LogP contribution in [0.1, 0.15) is 55.2 Å². The highest BCUT2D eigenvalue weighted by atomic mass is 16.5. The predicted molar refractivity (Wildman–Crippen MR) is 72.9 cm³/mol. The predicted octanol–water partition coefficient (Wildman–Crippen LogP) is 2.42. The van der Waals surface area contributed by atoms with E-state index < -0.39 is 6.10 Å². The van der Waals surface area contributed by atoms with Crippen LogP contribution in [0.4, 0.5) is 0 Å². The van der Waals surface area contributed by atoms with Crippen molar-refractivity contribution in [3.63, 3.8) is 0 Å². The first-order valence-electron chi connectivity index (χ1n) is 7.34. The smallest absolute Gasteiger partial charge is 0.0855 e. The zero-order valence-electron chi connectivity index (χ0n) is 12.1. The first-order valence-corrected chi connectivity index (χ1v) is 7.34. The number of hydrogen-bond acceptors (Lipinski definition) is 3. The van der Waals surface area contributed by atoms with Gasteiger partial charge in [0.25, 0.3) is 0 Å². The van der Waals surface area contributed by atoms with Crippen molar-refractivity contribution < 1.29 is 9.84 Å². The zero-order chi connectivity index (χ0) is 13.6. The van der Waals surface area contributed by atoms with Gasteiger partial charge in [0, 0.05) is 24.9 Å². The fourth-order valence-electron chi connectivity index (χ4n) is 3.71. The summed E-state index contributed by atoms with van der Waals surface area (Å²) in [5, 5.41) is 15.2. The van der Waals surface area contributed by atoms with E-state index in [1.807, 2.05) is 25.6 Å². The maximum atomic E-state index is 10.8. The van der Waals surface area contributed by atoms with E-state index in [1.165, 1.54) is 19.3 Å². The van der Waals surface area contributed by atoms with Gasteiger partial charge in [-0.2, -0.15) is 5.10 Å². The summed E-state index contributed by atoms with van der Waals surface area (Å²) in [6.07, 6.45) is 5.17. The highest BCUT2D eigenvalue weighted by Gasteiger charge is 2.44. The number of hydrogen-bond donors (Lipinski definition) is 1. The average molecular weight is 264 g/mol. The molecule has 1 aromatic heterocycles. The second kappa shape index (κ2) is 4.60. The summed E-state index contributed by atoms with van der Waals surface area (Å²) in [5.74, 6) is 0.315. The largest absolute Gasteiger partial charge is 0.388 e. The Morgan fingerprint density at radius 1 is 1.42 bits per heavy atom. The molecule has 106 valence electrons. The molecule has 1 spiro atoms. The van der Waals surface area contributed by atoms with E-state index >= 15 is 0 Å². The quantitative estimate of drug-likeness (QED) is 0.892. The third-order valence-electron chi connectivity index (χ3n) is 5.10. The Balaban J connectivity index is 1.81. The standard InChI is InChI=1S/C15H24N2O2/c1-10-13(11(2)17(3)16-10)14(18)12-5-8-19-15(9-12)6-4-7-15/h12,14,18H,4-9H2,1-3H3. The molecular formula is C15H24N2O2. The van der Waals surface area contributed by atoms with Crippen molar-refractivity contribution in [2.24, 2.45) is 13.0 Å². The third kappa shape index (κ3) is 2.11. The van der Waals surface area contributed by atoms with Gasteiger partial charge < -0.3 is 9.84 Å². The first-order chi connectivity index (χ1) is 9.02. The second-order valence-corrected chi connectivity index (χ2v) is 6.29. The van der Waals surface area contributed by atoms with E-state index in [0.29, 0.717) is 5.92 Å². The van der Waals surface area contributed by atoms with Crippen molar-refractivity contribution in [2.75, 3.05) is 6.61 Å². The summed E-state index contributed by atoms with van der Waals surface area (Å²) >= 11 is 0. The van der Waals surface area contributed by atoms with Gasteiger partial charge in [0.15, 0.2) is 0 Å². The summed E-state index contributed by atoms with van der Waals surface area (Å²) in [7, 11) is 1.94. The second-order valence-electron chi connectivity index (χ2n) is 6.29. The van der Waals surface area contributed by atoms with Gasteiger partial charge in [0.05, 0.1) is 17.4 Å². The Hall–Kier alpha value is -0.870. The van der Waals surface area contributed by atoms with Gasteiger partial charge in [0.2, 0.25) is 0 Å². The summed E-state index contributed by atoms with van der Waals surface area (Å²) in [6.45, 7) is 4.82. The Kier molecular flexibility index (Phi) is 3.18. The molecule has 0 aromatic carbocycles. The molecule has 1 aliphatic heterocycles. The zero-order valence-corrected chi connectivity index (χ0v) is 12.1. The molecule has 2 fully saturated rings. The van der Waals surface area contributed by atoms with Gasteiger partial charge in [-0.25, -0.2) is 0 Å². The lowest BCUT2D eigenvalue weighted by molar-refractivity contribution is -0.157. The molecule has 4 heteroatoms. The molecule has 1 N–H and O–H groups in total. The number of aliphatic hydroxyl groups is 1. The van der Waals surface area contributed by atoms with Crippen LogP contribution < -0.4 is 0 Å². The van der Waals surface area contributed by atoms with Crippen LogP contribution in [-0.2, 0) is 11.8 Å². The minimum absolute atomic E-state index is 0.0912. The van der Waals surface area contributed by atoms with Crippen molar-refractivity contribution >= 4 is 0 Å². The average Bonchev–Trinajstić information content (AvgIpc) is 2.61. The fourth-order valence-corrected chi connectivity index (χ4v) is 3.71. The molecule has 0 bridgehead atoms. The van der Waals surface area contributed by atoms with Gasteiger partial charge in [-0.3, -0.25) is 4.68 Å². The van der Waals surface area contributed by atoms with Gasteiger partial charge in [-0.05, 0) is 51.9 Å². The minimum Gasteiger partial charge on any atom is -0.388 e. The van der Waals surface area contributed by atoms with Crippen molar-refractivity contribution in [3.8, 4) is 0 Å². The normalized spacial score (nSPS) is 27.3. The van der Waals surface area contributed by atoms with Crippen molar-refractivity contribution in [3.05, 3.63) is 17.0 Å². The SMILES string of the molecule is Cc1nn(C)c(C)c1C(O)C1CCOC2(CCC2)C1. The molecule has 1 aliphatic carbocycles. The number of nitrogens with zero attached hydrogens (tertiary/aromatic N) is 2. The van der Waals surface area contributed by atoms with Crippen LogP contribution in [-0.4, -0.2) is 27.1 Å². The van der Waals surface area contributed by atoms with Crippen LogP contribution in [0.25, 0.3) is 0 Å². The van der Waals surface area contributed by atoms with E-state index in [2.05, 4.69) is 5.10 Å². The molecule has 2 atom stereocenters. The molecule has 0 radical (unpaired) electrons. The molecule has 19 heavy (non-hydrogen) atoms. The molecule has 3 rings (SSSR count). The highest BCUT2D eigenvalue weighted by Crippen LogP contribution is 2.47. The molecule has 1 aromatic rings. The van der Waals surface area contributed by atoms with Crippen LogP contribution in [0.15, 0.2) is 0 Å². The van der Waals surface area contributed by atoms with Crippen molar-refractivity contribution in [1.29, 1.82) is 0 Å². The number of rotatable bonds is 2. The Morgan fingerprint density at radius 2 is 2.16 bits per heavy atom. The van der Waals surface area contributed by atoms with E-state index in [9.17, 15) is 5.11 Å². The molecular weight excluding hydrogens is 240 g/mol. The number of aromatic nitrogens is 2. The van der Waals surface area contributed by atoms with Gasteiger partial charge >= 0.3 is 0 Å². The number of aryl methyl sites for hydroxylation is 2. The van der Waals surface area contributed by atoms with Crippen molar-refractivity contribution in [1.82, 2.24) is 9.78 Å². The maximum absolute atomic E-state index is 10.8. The van der Waals surface area contributed by atoms with E-state index in [1.54, 1.807) is 0 Å². The number of aliphatic hydroxyl groups excluding tert-OH is 1. The monoisotopic (exact) mass is 264 g/mol. The van der Waals surface area contributed by atoms with Crippen LogP contribution >= 0.6 is 0 Å². The lowest BCUT2D eigenvalue weighted by atomic mass is 9.70. The lowest BCUT2D eigenvalue weighted by Crippen LogP contribution is -2.46. The Bertz CT molecular complexity index is 477. The van der Waals surface area contributed by atoms with Crippen LogP contribution in [0.2, 0.25) is 0 Å². The molecule has 2 unspecified atom stereocenters. The molecule has 2 heterocycles. The molecule has 2 aliphatic rings. The fraction of sp³-hybridized carbons (Fsp3) is 0.800. The number of ether oxygens (including phenoxy) is 1. The molecule has 4 nitrogen and oxygen atoms in total. The van der Waals surface area contributed by atoms with E-state index in [-0.39, 0.29) is 5.60 Å². The van der Waals surface area contributed by atoms with Crippen molar-refractivity contribution in [2.45, 2.75) is 57.7 Å².